The summed E-state index contributed by atoms with van der Waals surface area (Å²) in [5.41, 5.74) is 0. The molecule has 0 spiro atoms. The minimum absolute atomic E-state index is 0.0172. The summed E-state index contributed by atoms with van der Waals surface area (Å²) in [7, 11) is -1.55. The van der Waals surface area contributed by atoms with Gasteiger partial charge in [-0.3, -0.25) is 4.90 Å². The molecule has 2 aliphatic heterocycles. The Bertz CT molecular complexity index is 883. The molecule has 1 N–H and O–H groups in total. The van der Waals surface area contributed by atoms with E-state index in [0.29, 0.717) is 43.9 Å². The van der Waals surface area contributed by atoms with Crippen LogP contribution in [0.1, 0.15) is 24.1 Å². The van der Waals surface area contributed by atoms with E-state index in [0.717, 1.165) is 11.6 Å². The second-order valence-corrected chi connectivity index (χ2v) is 8.88. The van der Waals surface area contributed by atoms with Crippen molar-refractivity contribution in [2.24, 2.45) is 0 Å². The Balaban J connectivity index is 1.57. The van der Waals surface area contributed by atoms with Crippen LogP contribution in [0.4, 0.5) is 0 Å². The highest BCUT2D eigenvalue weighted by Gasteiger charge is 2.35. The normalized spacial score (nSPS) is 25.2. The number of aliphatic hydroxyl groups excluding tert-OH is 1. The van der Waals surface area contributed by atoms with Gasteiger partial charge in [0.25, 0.3) is 0 Å². The molecule has 1 aromatic carbocycles. The van der Waals surface area contributed by atoms with Gasteiger partial charge in [-0.05, 0) is 25.6 Å². The number of hydrogen-bond donors (Lipinski definition) is 1. The van der Waals surface area contributed by atoms with Crippen LogP contribution in [0.5, 0.6) is 0 Å². The number of likely N-dealkylation sites (N-methyl/N-ethyl adjacent to an activating group) is 1. The fraction of sp³-hybridized carbons (Fsp3) is 0.529. The van der Waals surface area contributed by atoms with Gasteiger partial charge in [0, 0.05) is 32.6 Å². The summed E-state index contributed by atoms with van der Waals surface area (Å²) < 4.78 is 29.3. The maximum absolute atomic E-state index is 12.9. The van der Waals surface area contributed by atoms with E-state index in [-0.39, 0.29) is 12.1 Å². The third-order valence-electron chi connectivity index (χ3n) is 5.22. The molecule has 1 saturated heterocycles. The van der Waals surface area contributed by atoms with Gasteiger partial charge in [0.15, 0.2) is 5.82 Å². The van der Waals surface area contributed by atoms with E-state index < -0.39 is 10.0 Å². The van der Waals surface area contributed by atoms with Crippen LogP contribution in [-0.4, -0.2) is 70.3 Å². The van der Waals surface area contributed by atoms with Crippen LogP contribution in [0.3, 0.4) is 0 Å². The van der Waals surface area contributed by atoms with Gasteiger partial charge >= 0.3 is 0 Å². The van der Waals surface area contributed by atoms with Crippen LogP contribution in [-0.2, 0) is 23.0 Å². The van der Waals surface area contributed by atoms with Crippen molar-refractivity contribution in [3.8, 4) is 0 Å². The molecule has 1 fully saturated rings. The number of benzene rings is 1. The minimum atomic E-state index is -3.51. The number of hydrogen-bond acceptors (Lipinski definition) is 6. The molecular formula is C17H23N5O3S. The SMILES string of the molecule is CN1C[C@H](O)C[C@H]1c1nnc2n1CCN(S(=O)(=O)c1ccccc1)CC2. The summed E-state index contributed by atoms with van der Waals surface area (Å²) in [5.74, 6) is 1.62. The van der Waals surface area contributed by atoms with Gasteiger partial charge in [-0.25, -0.2) is 8.42 Å². The van der Waals surface area contributed by atoms with Gasteiger partial charge < -0.3 is 9.67 Å². The summed E-state index contributed by atoms with van der Waals surface area (Å²) in [4.78, 5) is 2.39. The van der Waals surface area contributed by atoms with E-state index in [1.165, 1.54) is 4.31 Å². The molecule has 8 nitrogen and oxygen atoms in total. The molecule has 4 rings (SSSR count). The number of nitrogens with zero attached hydrogens (tertiary/aromatic N) is 5. The Morgan fingerprint density at radius 2 is 1.88 bits per heavy atom. The summed E-state index contributed by atoms with van der Waals surface area (Å²) in [6.07, 6.45) is 0.789. The van der Waals surface area contributed by atoms with Crippen molar-refractivity contribution in [3.63, 3.8) is 0 Å². The lowest BCUT2D eigenvalue weighted by molar-refractivity contribution is 0.182. The Morgan fingerprint density at radius 3 is 2.58 bits per heavy atom. The highest BCUT2D eigenvalue weighted by Crippen LogP contribution is 2.30. The van der Waals surface area contributed by atoms with Crippen molar-refractivity contribution in [2.45, 2.75) is 36.4 Å². The van der Waals surface area contributed by atoms with Crippen LogP contribution in [0, 0.1) is 0 Å². The van der Waals surface area contributed by atoms with Crippen LogP contribution in [0.2, 0.25) is 0 Å². The van der Waals surface area contributed by atoms with Crippen molar-refractivity contribution in [2.75, 3.05) is 26.7 Å². The monoisotopic (exact) mass is 377 g/mol. The largest absolute Gasteiger partial charge is 0.392 e. The van der Waals surface area contributed by atoms with Crippen molar-refractivity contribution < 1.29 is 13.5 Å². The maximum atomic E-state index is 12.9. The molecule has 1 aromatic heterocycles. The van der Waals surface area contributed by atoms with Crippen molar-refractivity contribution in [1.29, 1.82) is 0 Å². The zero-order valence-corrected chi connectivity index (χ0v) is 15.5. The van der Waals surface area contributed by atoms with Crippen LogP contribution in [0.25, 0.3) is 0 Å². The molecule has 0 unspecified atom stereocenters. The number of rotatable bonds is 3. The quantitative estimate of drug-likeness (QED) is 0.825. The highest BCUT2D eigenvalue weighted by molar-refractivity contribution is 7.89. The molecule has 0 bridgehead atoms. The van der Waals surface area contributed by atoms with Crippen molar-refractivity contribution in [3.05, 3.63) is 42.0 Å². The first-order chi connectivity index (χ1) is 12.5. The Morgan fingerprint density at radius 1 is 1.12 bits per heavy atom. The average Bonchev–Trinajstić information content (AvgIpc) is 3.09. The molecule has 0 saturated carbocycles. The number of aliphatic hydroxyl groups is 1. The molecule has 9 heteroatoms. The van der Waals surface area contributed by atoms with Crippen LogP contribution in [0.15, 0.2) is 35.2 Å². The lowest BCUT2D eigenvalue weighted by Crippen LogP contribution is -2.34. The van der Waals surface area contributed by atoms with Crippen LogP contribution < -0.4 is 0 Å². The predicted molar refractivity (Wildman–Crippen MR) is 94.9 cm³/mol. The second-order valence-electron chi connectivity index (χ2n) is 6.94. The fourth-order valence-corrected chi connectivity index (χ4v) is 5.28. The molecule has 2 aliphatic rings. The first-order valence-corrected chi connectivity index (χ1v) is 10.3. The molecule has 2 aromatic rings. The van der Waals surface area contributed by atoms with E-state index in [1.54, 1.807) is 24.3 Å². The van der Waals surface area contributed by atoms with Crippen molar-refractivity contribution in [1.82, 2.24) is 24.0 Å². The average molecular weight is 377 g/mol. The third kappa shape index (κ3) is 3.05. The number of likely N-dealkylation sites (tertiary alicyclic amines) is 1. The standard InChI is InChI=1S/C17H23N5O3S/c1-20-12-13(23)11-15(20)17-19-18-16-7-8-21(9-10-22(16)17)26(24,25)14-5-3-2-4-6-14/h2-6,13,15,23H,7-12H2,1H3/t13-,15+/m1/s1. The molecule has 0 radical (unpaired) electrons. The number of β-amino-alcohol motifs (C(OH)–C–C–N with tert-alkyl or cyclic N) is 1. The van der Waals surface area contributed by atoms with E-state index in [4.69, 9.17) is 0 Å². The van der Waals surface area contributed by atoms with E-state index in [9.17, 15) is 13.5 Å². The summed E-state index contributed by atoms with van der Waals surface area (Å²) >= 11 is 0. The fourth-order valence-electron chi connectivity index (χ4n) is 3.83. The minimum Gasteiger partial charge on any atom is -0.392 e. The summed E-state index contributed by atoms with van der Waals surface area (Å²) in [5, 5.41) is 18.6. The molecule has 3 heterocycles. The van der Waals surface area contributed by atoms with Gasteiger partial charge in [-0.1, -0.05) is 18.2 Å². The smallest absolute Gasteiger partial charge is 0.243 e. The summed E-state index contributed by atoms with van der Waals surface area (Å²) in [6, 6.07) is 8.55. The lowest BCUT2D eigenvalue weighted by atomic mass is 10.2. The van der Waals surface area contributed by atoms with Gasteiger partial charge in [0.05, 0.1) is 17.0 Å². The van der Waals surface area contributed by atoms with Crippen molar-refractivity contribution >= 4 is 10.0 Å². The van der Waals surface area contributed by atoms with E-state index >= 15 is 0 Å². The van der Waals surface area contributed by atoms with E-state index in [1.807, 2.05) is 17.7 Å². The molecule has 0 aliphatic carbocycles. The topological polar surface area (TPSA) is 91.6 Å². The highest BCUT2D eigenvalue weighted by atomic mass is 32.2. The Kier molecular flexibility index (Phi) is 4.55. The summed E-state index contributed by atoms with van der Waals surface area (Å²) in [6.45, 7) is 1.90. The van der Waals surface area contributed by atoms with Crippen LogP contribution >= 0.6 is 0 Å². The molecule has 0 amide bonds. The number of fused-ring (bicyclic) bond motifs is 1. The third-order valence-corrected chi connectivity index (χ3v) is 7.13. The van der Waals surface area contributed by atoms with Gasteiger partial charge in [0.1, 0.15) is 5.82 Å². The van der Waals surface area contributed by atoms with Gasteiger partial charge in [0.2, 0.25) is 10.0 Å². The molecular weight excluding hydrogens is 354 g/mol. The zero-order chi connectivity index (χ0) is 18.3. The lowest BCUT2D eigenvalue weighted by Gasteiger charge is -2.21. The Hall–Kier alpha value is -1.81. The number of aromatic nitrogens is 3. The van der Waals surface area contributed by atoms with E-state index in [2.05, 4.69) is 15.1 Å². The first-order valence-electron chi connectivity index (χ1n) is 8.82. The first kappa shape index (κ1) is 17.6. The predicted octanol–water partition coefficient (Wildman–Crippen LogP) is 0.263. The Labute approximate surface area is 153 Å². The maximum Gasteiger partial charge on any atom is 0.243 e. The zero-order valence-electron chi connectivity index (χ0n) is 14.7. The molecule has 140 valence electrons. The van der Waals surface area contributed by atoms with Gasteiger partial charge in [-0.2, -0.15) is 4.31 Å². The molecule has 2 atom stereocenters. The number of sulfonamides is 1. The second kappa shape index (κ2) is 6.73. The van der Waals surface area contributed by atoms with Gasteiger partial charge in [-0.15, -0.1) is 10.2 Å². The molecule has 26 heavy (non-hydrogen) atoms.